The van der Waals surface area contributed by atoms with Crippen LogP contribution in [0.5, 0.6) is 0 Å². The number of carbonyl (C=O) groups excluding carboxylic acids is 1. The van der Waals surface area contributed by atoms with Crippen LogP contribution in [0.25, 0.3) is 0 Å². The van der Waals surface area contributed by atoms with E-state index in [9.17, 15) is 4.79 Å². The molecule has 2 aliphatic carbocycles. The van der Waals surface area contributed by atoms with Crippen LogP contribution in [-0.4, -0.2) is 17.4 Å². The summed E-state index contributed by atoms with van der Waals surface area (Å²) in [7, 11) is 0. The van der Waals surface area contributed by atoms with Crippen molar-refractivity contribution < 1.29 is 4.79 Å². The highest BCUT2D eigenvalue weighted by Crippen LogP contribution is 2.60. The molecule has 3 rings (SSSR count). The summed E-state index contributed by atoms with van der Waals surface area (Å²) >= 11 is 0. The molecule has 2 aliphatic rings. The number of nitrogens with two attached hydrogens (primary N) is 1. The smallest absolute Gasteiger partial charge is 0.226 e. The van der Waals surface area contributed by atoms with Gasteiger partial charge in [-0.25, -0.2) is 0 Å². The predicted octanol–water partition coefficient (Wildman–Crippen LogP) is 1.51. The Morgan fingerprint density at radius 2 is 2.22 bits per heavy atom. The Kier molecular flexibility index (Phi) is 2.73. The summed E-state index contributed by atoms with van der Waals surface area (Å²) in [5.41, 5.74) is 7.43. The molecule has 0 aromatic carbocycles. The Morgan fingerprint density at radius 3 is 2.78 bits per heavy atom. The summed E-state index contributed by atoms with van der Waals surface area (Å²) in [6.45, 7) is 0.853. The van der Waals surface area contributed by atoms with E-state index in [4.69, 9.17) is 5.73 Å². The van der Waals surface area contributed by atoms with Crippen LogP contribution in [0, 0.1) is 11.3 Å². The van der Waals surface area contributed by atoms with E-state index in [-0.39, 0.29) is 5.91 Å². The number of pyridine rings is 1. The van der Waals surface area contributed by atoms with Crippen LogP contribution in [0.3, 0.4) is 0 Å². The third-order valence-corrected chi connectivity index (χ3v) is 4.16. The molecule has 18 heavy (non-hydrogen) atoms. The van der Waals surface area contributed by atoms with E-state index < -0.39 is 0 Å². The summed E-state index contributed by atoms with van der Waals surface area (Å²) in [5.74, 6) is 0.951. The van der Waals surface area contributed by atoms with Gasteiger partial charge in [-0.15, -0.1) is 0 Å². The van der Waals surface area contributed by atoms with Crippen molar-refractivity contribution in [2.45, 2.75) is 32.1 Å². The van der Waals surface area contributed by atoms with Gasteiger partial charge in [-0.3, -0.25) is 9.78 Å². The van der Waals surface area contributed by atoms with Gasteiger partial charge in [0.2, 0.25) is 5.91 Å². The topological polar surface area (TPSA) is 68.0 Å². The maximum atomic E-state index is 11.8. The molecule has 4 heteroatoms. The van der Waals surface area contributed by atoms with E-state index in [1.807, 2.05) is 6.07 Å². The molecule has 1 aromatic heterocycles. The number of nitrogens with zero attached hydrogens (tertiary/aromatic N) is 1. The second kappa shape index (κ2) is 4.26. The summed E-state index contributed by atoms with van der Waals surface area (Å²) in [5, 5.41) is 3.06. The highest BCUT2D eigenvalue weighted by atomic mass is 16.1. The fourth-order valence-corrected chi connectivity index (χ4v) is 2.63. The molecule has 1 aromatic rings. The van der Waals surface area contributed by atoms with Crippen molar-refractivity contribution >= 4 is 11.6 Å². The van der Waals surface area contributed by atoms with Gasteiger partial charge in [-0.05, 0) is 49.1 Å². The molecule has 4 nitrogen and oxygen atoms in total. The molecule has 0 atom stereocenters. The van der Waals surface area contributed by atoms with Crippen molar-refractivity contribution in [1.82, 2.24) is 10.3 Å². The summed E-state index contributed by atoms with van der Waals surface area (Å²) in [4.78, 5) is 16.0. The van der Waals surface area contributed by atoms with Gasteiger partial charge < -0.3 is 11.1 Å². The molecule has 0 radical (unpaired) electrons. The normalized spacial score (nSPS) is 20.4. The van der Waals surface area contributed by atoms with Gasteiger partial charge in [0.05, 0.1) is 18.3 Å². The van der Waals surface area contributed by atoms with Crippen LogP contribution in [0.15, 0.2) is 18.3 Å². The number of carbonyl (C=O) groups is 1. The lowest BCUT2D eigenvalue weighted by atomic mass is 10.0. The minimum absolute atomic E-state index is 0.0687. The number of nitrogen functional groups attached to an aromatic ring is 1. The van der Waals surface area contributed by atoms with Gasteiger partial charge in [0.1, 0.15) is 0 Å². The standard InChI is InChI=1S/C14H19N3O/c15-11-3-4-12(16-8-11)7-13(18)17-9-14(5-6-14)10-1-2-10/h3-4,8,10H,1-2,5-7,9,15H2,(H,17,18). The monoisotopic (exact) mass is 245 g/mol. The number of rotatable bonds is 5. The zero-order valence-electron chi connectivity index (χ0n) is 10.5. The van der Waals surface area contributed by atoms with Crippen molar-refractivity contribution in [3.8, 4) is 0 Å². The molecule has 0 aliphatic heterocycles. The third-order valence-electron chi connectivity index (χ3n) is 4.16. The Morgan fingerprint density at radius 1 is 1.44 bits per heavy atom. The van der Waals surface area contributed by atoms with Crippen molar-refractivity contribution in [3.63, 3.8) is 0 Å². The molecular formula is C14H19N3O. The fraction of sp³-hybridized carbons (Fsp3) is 0.571. The zero-order chi connectivity index (χ0) is 12.6. The summed E-state index contributed by atoms with van der Waals surface area (Å²) in [6, 6.07) is 3.59. The van der Waals surface area contributed by atoms with Crippen LogP contribution in [-0.2, 0) is 11.2 Å². The van der Waals surface area contributed by atoms with Gasteiger partial charge in [-0.2, -0.15) is 0 Å². The van der Waals surface area contributed by atoms with E-state index in [1.165, 1.54) is 25.7 Å². The molecule has 2 fully saturated rings. The number of aromatic nitrogens is 1. The molecule has 2 saturated carbocycles. The number of hydrogen-bond acceptors (Lipinski definition) is 3. The largest absolute Gasteiger partial charge is 0.397 e. The Hall–Kier alpha value is -1.58. The maximum Gasteiger partial charge on any atom is 0.226 e. The molecule has 0 saturated heterocycles. The van der Waals surface area contributed by atoms with E-state index in [2.05, 4.69) is 10.3 Å². The number of anilines is 1. The van der Waals surface area contributed by atoms with E-state index >= 15 is 0 Å². The van der Waals surface area contributed by atoms with Crippen molar-refractivity contribution in [2.24, 2.45) is 11.3 Å². The van der Waals surface area contributed by atoms with Gasteiger partial charge >= 0.3 is 0 Å². The first-order chi connectivity index (χ1) is 8.68. The minimum Gasteiger partial charge on any atom is -0.397 e. The molecular weight excluding hydrogens is 226 g/mol. The number of amides is 1. The van der Waals surface area contributed by atoms with Crippen molar-refractivity contribution in [2.75, 3.05) is 12.3 Å². The van der Waals surface area contributed by atoms with Gasteiger partial charge in [0.15, 0.2) is 0 Å². The first kappa shape index (κ1) is 11.5. The van der Waals surface area contributed by atoms with Crippen LogP contribution >= 0.6 is 0 Å². The lowest BCUT2D eigenvalue weighted by Gasteiger charge is -2.14. The third kappa shape index (κ3) is 2.47. The second-order valence-electron chi connectivity index (χ2n) is 5.67. The molecule has 1 amide bonds. The lowest BCUT2D eigenvalue weighted by molar-refractivity contribution is -0.120. The SMILES string of the molecule is Nc1ccc(CC(=O)NCC2(C3CC3)CC2)nc1. The molecule has 3 N–H and O–H groups in total. The fourth-order valence-electron chi connectivity index (χ4n) is 2.63. The van der Waals surface area contributed by atoms with Crippen molar-refractivity contribution in [3.05, 3.63) is 24.0 Å². The molecule has 0 unspecified atom stereocenters. The number of nitrogens with one attached hydrogen (secondary N) is 1. The first-order valence-corrected chi connectivity index (χ1v) is 6.65. The minimum atomic E-state index is 0.0687. The Labute approximate surface area is 107 Å². The van der Waals surface area contributed by atoms with Crippen LogP contribution in [0.4, 0.5) is 5.69 Å². The Bertz CT molecular complexity index is 447. The summed E-state index contributed by atoms with van der Waals surface area (Å²) < 4.78 is 0. The highest BCUT2D eigenvalue weighted by molar-refractivity contribution is 5.78. The van der Waals surface area contributed by atoms with Gasteiger partial charge in [-0.1, -0.05) is 0 Å². The lowest BCUT2D eigenvalue weighted by Crippen LogP contribution is -2.32. The van der Waals surface area contributed by atoms with E-state index in [1.54, 1.807) is 12.3 Å². The summed E-state index contributed by atoms with van der Waals surface area (Å²) in [6.07, 6.45) is 7.23. The second-order valence-corrected chi connectivity index (χ2v) is 5.67. The van der Waals surface area contributed by atoms with Gasteiger partial charge in [0, 0.05) is 12.2 Å². The molecule has 96 valence electrons. The Balaban J connectivity index is 1.48. The van der Waals surface area contributed by atoms with Crippen LogP contribution in [0.1, 0.15) is 31.4 Å². The van der Waals surface area contributed by atoms with E-state index in [0.717, 1.165) is 18.2 Å². The van der Waals surface area contributed by atoms with E-state index in [0.29, 0.717) is 17.5 Å². The van der Waals surface area contributed by atoms with Crippen LogP contribution in [0.2, 0.25) is 0 Å². The van der Waals surface area contributed by atoms with Crippen LogP contribution < -0.4 is 11.1 Å². The molecule has 0 bridgehead atoms. The zero-order valence-corrected chi connectivity index (χ0v) is 10.5. The number of hydrogen-bond donors (Lipinski definition) is 2. The van der Waals surface area contributed by atoms with Gasteiger partial charge in [0.25, 0.3) is 0 Å². The first-order valence-electron chi connectivity index (χ1n) is 6.65. The average molecular weight is 245 g/mol. The molecule has 1 heterocycles. The maximum absolute atomic E-state index is 11.8. The molecule has 0 spiro atoms. The van der Waals surface area contributed by atoms with Crippen molar-refractivity contribution in [1.29, 1.82) is 0 Å². The predicted molar refractivity (Wildman–Crippen MR) is 69.8 cm³/mol. The highest BCUT2D eigenvalue weighted by Gasteiger charge is 2.53. The quantitative estimate of drug-likeness (QED) is 0.826. The average Bonchev–Trinajstić information content (AvgIpc) is 3.22.